The average Bonchev–Trinajstić information content (AvgIpc) is 2.02. The number of nitrogens with two attached hydrogens (primary N) is 1. The van der Waals surface area contributed by atoms with E-state index < -0.39 is 6.03 Å². The van der Waals surface area contributed by atoms with E-state index in [1.54, 1.807) is 0 Å². The first kappa shape index (κ1) is 8.81. The van der Waals surface area contributed by atoms with Gasteiger partial charge in [-0.3, -0.25) is 0 Å². The highest BCUT2D eigenvalue weighted by molar-refractivity contribution is 5.72. The number of hydrogen-bond acceptors (Lipinski definition) is 2. The quantitative estimate of drug-likeness (QED) is 0.627. The molecule has 13 heavy (non-hydrogen) atoms. The van der Waals surface area contributed by atoms with E-state index in [9.17, 15) is 4.79 Å². The predicted molar refractivity (Wildman–Crippen MR) is 48.2 cm³/mol. The van der Waals surface area contributed by atoms with Crippen LogP contribution in [0.2, 0.25) is 0 Å². The van der Waals surface area contributed by atoms with Crippen LogP contribution in [0.4, 0.5) is 4.79 Å². The summed E-state index contributed by atoms with van der Waals surface area (Å²) < 4.78 is 5.30. The number of carbonyl (C=O) groups is 1. The SMILES string of the molecule is NC(=O)NC1CC2(CCOCC2)C1. The summed E-state index contributed by atoms with van der Waals surface area (Å²) in [6.45, 7) is 1.76. The highest BCUT2D eigenvalue weighted by Crippen LogP contribution is 2.48. The van der Waals surface area contributed by atoms with Crippen LogP contribution in [0.15, 0.2) is 0 Å². The number of amides is 2. The van der Waals surface area contributed by atoms with Crippen molar-refractivity contribution < 1.29 is 9.53 Å². The Labute approximate surface area is 77.8 Å². The molecule has 0 bridgehead atoms. The lowest BCUT2D eigenvalue weighted by molar-refractivity contribution is -0.0424. The molecule has 2 rings (SSSR count). The van der Waals surface area contributed by atoms with Crippen molar-refractivity contribution in [3.05, 3.63) is 0 Å². The van der Waals surface area contributed by atoms with Crippen LogP contribution < -0.4 is 11.1 Å². The van der Waals surface area contributed by atoms with E-state index in [1.165, 1.54) is 0 Å². The van der Waals surface area contributed by atoms with E-state index in [0.29, 0.717) is 11.5 Å². The molecule has 0 aromatic heterocycles. The van der Waals surface area contributed by atoms with Crippen molar-refractivity contribution in [1.29, 1.82) is 0 Å². The van der Waals surface area contributed by atoms with Crippen LogP contribution in [0.25, 0.3) is 0 Å². The van der Waals surface area contributed by atoms with E-state index in [4.69, 9.17) is 10.5 Å². The molecule has 0 unspecified atom stereocenters. The first-order valence-corrected chi connectivity index (χ1v) is 4.84. The maximum atomic E-state index is 10.6. The van der Waals surface area contributed by atoms with Gasteiger partial charge < -0.3 is 15.8 Å². The van der Waals surface area contributed by atoms with Crippen molar-refractivity contribution in [3.8, 4) is 0 Å². The van der Waals surface area contributed by atoms with Crippen LogP contribution in [-0.4, -0.2) is 25.3 Å². The zero-order valence-corrected chi connectivity index (χ0v) is 7.71. The normalized spacial score (nSPS) is 26.8. The Bertz CT molecular complexity index is 204. The summed E-state index contributed by atoms with van der Waals surface area (Å²) in [7, 11) is 0. The maximum Gasteiger partial charge on any atom is 0.312 e. The zero-order chi connectivity index (χ0) is 9.31. The molecule has 3 N–H and O–H groups in total. The molecule has 74 valence electrons. The van der Waals surface area contributed by atoms with E-state index in [1.807, 2.05) is 0 Å². The fraction of sp³-hybridized carbons (Fsp3) is 0.889. The first-order chi connectivity index (χ1) is 6.20. The van der Waals surface area contributed by atoms with Crippen molar-refractivity contribution in [2.45, 2.75) is 31.7 Å². The van der Waals surface area contributed by atoms with Gasteiger partial charge >= 0.3 is 6.03 Å². The molecule has 4 nitrogen and oxygen atoms in total. The monoisotopic (exact) mass is 184 g/mol. The van der Waals surface area contributed by atoms with E-state index in [2.05, 4.69) is 5.32 Å². The third-order valence-corrected chi connectivity index (χ3v) is 3.26. The lowest BCUT2D eigenvalue weighted by atomic mass is 9.61. The minimum atomic E-state index is -0.396. The Kier molecular flexibility index (Phi) is 2.15. The molecule has 1 saturated heterocycles. The van der Waals surface area contributed by atoms with Gasteiger partial charge in [0.25, 0.3) is 0 Å². The second kappa shape index (κ2) is 3.18. The Morgan fingerprint density at radius 3 is 2.54 bits per heavy atom. The third-order valence-electron chi connectivity index (χ3n) is 3.26. The number of urea groups is 1. The van der Waals surface area contributed by atoms with Gasteiger partial charge in [0.1, 0.15) is 0 Å². The molecular formula is C9H16N2O2. The van der Waals surface area contributed by atoms with Crippen LogP contribution in [0.1, 0.15) is 25.7 Å². The second-order valence-corrected chi connectivity index (χ2v) is 4.23. The number of ether oxygens (including phenoxy) is 1. The Balaban J connectivity index is 1.78. The number of primary amides is 1. The number of hydrogen-bond donors (Lipinski definition) is 2. The van der Waals surface area contributed by atoms with Crippen molar-refractivity contribution in [2.24, 2.45) is 11.1 Å². The highest BCUT2D eigenvalue weighted by atomic mass is 16.5. The number of rotatable bonds is 1. The fourth-order valence-electron chi connectivity index (χ4n) is 2.50. The summed E-state index contributed by atoms with van der Waals surface area (Å²) in [6.07, 6.45) is 4.45. The number of carbonyl (C=O) groups excluding carboxylic acids is 1. The molecule has 0 radical (unpaired) electrons. The summed E-state index contributed by atoms with van der Waals surface area (Å²) in [4.78, 5) is 10.6. The van der Waals surface area contributed by atoms with E-state index in [0.717, 1.165) is 38.9 Å². The molecular weight excluding hydrogens is 168 g/mol. The fourth-order valence-corrected chi connectivity index (χ4v) is 2.50. The summed E-state index contributed by atoms with van der Waals surface area (Å²) in [5, 5.41) is 2.75. The molecule has 1 aliphatic heterocycles. The van der Waals surface area contributed by atoms with Crippen LogP contribution in [-0.2, 0) is 4.74 Å². The Morgan fingerprint density at radius 2 is 2.00 bits per heavy atom. The second-order valence-electron chi connectivity index (χ2n) is 4.23. The third kappa shape index (κ3) is 1.77. The summed E-state index contributed by atoms with van der Waals surface area (Å²) in [6, 6.07) is -0.0810. The van der Waals surface area contributed by atoms with Gasteiger partial charge in [0, 0.05) is 19.3 Å². The van der Waals surface area contributed by atoms with Crippen LogP contribution in [0, 0.1) is 5.41 Å². The molecule has 1 aliphatic carbocycles. The van der Waals surface area contributed by atoms with E-state index in [-0.39, 0.29) is 0 Å². The van der Waals surface area contributed by atoms with Gasteiger partial charge in [-0.2, -0.15) is 0 Å². The Hall–Kier alpha value is -0.770. The number of nitrogens with one attached hydrogen (secondary N) is 1. The molecule has 2 aliphatic rings. The topological polar surface area (TPSA) is 64.4 Å². The van der Waals surface area contributed by atoms with Gasteiger partial charge in [0.05, 0.1) is 0 Å². The molecule has 1 saturated carbocycles. The Morgan fingerprint density at radius 1 is 1.38 bits per heavy atom. The van der Waals surface area contributed by atoms with Crippen molar-refractivity contribution >= 4 is 6.03 Å². The average molecular weight is 184 g/mol. The van der Waals surface area contributed by atoms with Gasteiger partial charge in [-0.15, -0.1) is 0 Å². The van der Waals surface area contributed by atoms with Gasteiger partial charge in [-0.05, 0) is 31.1 Å². The highest BCUT2D eigenvalue weighted by Gasteiger charge is 2.45. The lowest BCUT2D eigenvalue weighted by Gasteiger charge is -2.49. The van der Waals surface area contributed by atoms with Crippen LogP contribution in [0.3, 0.4) is 0 Å². The summed E-state index contributed by atoms with van der Waals surface area (Å²) >= 11 is 0. The summed E-state index contributed by atoms with van der Waals surface area (Å²) in [5.41, 5.74) is 5.51. The van der Waals surface area contributed by atoms with Gasteiger partial charge in [0.15, 0.2) is 0 Å². The van der Waals surface area contributed by atoms with Crippen LogP contribution in [0.5, 0.6) is 0 Å². The van der Waals surface area contributed by atoms with Gasteiger partial charge in [-0.1, -0.05) is 0 Å². The predicted octanol–water partition coefficient (Wildman–Crippen LogP) is 0.614. The molecule has 2 amide bonds. The minimum Gasteiger partial charge on any atom is -0.381 e. The first-order valence-electron chi connectivity index (χ1n) is 4.84. The molecule has 1 heterocycles. The van der Waals surface area contributed by atoms with Gasteiger partial charge in [-0.25, -0.2) is 4.79 Å². The minimum absolute atomic E-state index is 0.315. The van der Waals surface area contributed by atoms with E-state index >= 15 is 0 Å². The smallest absolute Gasteiger partial charge is 0.312 e. The van der Waals surface area contributed by atoms with Crippen LogP contribution >= 0.6 is 0 Å². The molecule has 0 atom stereocenters. The largest absolute Gasteiger partial charge is 0.381 e. The summed E-state index contributed by atoms with van der Waals surface area (Å²) in [5.74, 6) is 0. The van der Waals surface area contributed by atoms with Crippen molar-refractivity contribution in [3.63, 3.8) is 0 Å². The maximum absolute atomic E-state index is 10.6. The molecule has 0 aromatic carbocycles. The molecule has 1 spiro atoms. The standard InChI is InChI=1S/C9H16N2O2/c10-8(12)11-7-5-9(6-7)1-3-13-4-2-9/h7H,1-6H2,(H3,10,11,12). The van der Waals surface area contributed by atoms with Crippen molar-refractivity contribution in [1.82, 2.24) is 5.32 Å². The molecule has 0 aromatic rings. The van der Waals surface area contributed by atoms with Gasteiger partial charge in [0.2, 0.25) is 0 Å². The molecule has 2 fully saturated rings. The van der Waals surface area contributed by atoms with Crippen molar-refractivity contribution in [2.75, 3.05) is 13.2 Å². The zero-order valence-electron chi connectivity index (χ0n) is 7.71. The lowest BCUT2D eigenvalue weighted by Crippen LogP contribution is -2.53. The molecule has 4 heteroatoms.